The van der Waals surface area contributed by atoms with Crippen LogP contribution in [0.25, 0.3) is 10.6 Å². The number of hydrogen-bond donors (Lipinski definition) is 1. The summed E-state index contributed by atoms with van der Waals surface area (Å²) >= 11 is 2.74. The topological polar surface area (TPSA) is 77.5 Å². The van der Waals surface area contributed by atoms with Gasteiger partial charge in [-0.05, 0) is 43.9 Å². The molecule has 1 aromatic heterocycles. The number of nitrogens with one attached hydrogen (secondary N) is 1. The molecule has 2 amide bonds. The number of ether oxygens (including phenoxy) is 2. The zero-order valence-electron chi connectivity index (χ0n) is 17.9. The highest BCUT2D eigenvalue weighted by molar-refractivity contribution is 8.15. The molecule has 6 nitrogen and oxygen atoms in total. The number of carbonyl (C=O) groups excluding carboxylic acids is 2. The smallest absolute Gasteiger partial charge is 0.286 e. The monoisotopic (exact) mass is 468 g/mol. The Morgan fingerprint density at radius 2 is 1.91 bits per heavy atom. The van der Waals surface area contributed by atoms with E-state index < -0.39 is 0 Å². The SMILES string of the molecule is COc1cc(CCCC2SC(=O)NC2=O)ccc1OCc1nc(-c2ccccc2)sc1C. The van der Waals surface area contributed by atoms with Gasteiger partial charge >= 0.3 is 0 Å². The number of aryl methyl sites for hydroxylation is 2. The molecule has 1 aliphatic rings. The summed E-state index contributed by atoms with van der Waals surface area (Å²) in [5.41, 5.74) is 3.12. The quantitative estimate of drug-likeness (QED) is 0.454. The average molecular weight is 469 g/mol. The van der Waals surface area contributed by atoms with E-state index in [1.54, 1.807) is 18.4 Å². The Morgan fingerprint density at radius 1 is 1.09 bits per heavy atom. The van der Waals surface area contributed by atoms with Crippen molar-refractivity contribution < 1.29 is 19.1 Å². The molecule has 166 valence electrons. The van der Waals surface area contributed by atoms with Gasteiger partial charge in [-0.1, -0.05) is 48.2 Å². The Hall–Kier alpha value is -2.84. The van der Waals surface area contributed by atoms with E-state index in [9.17, 15) is 9.59 Å². The predicted molar refractivity (Wildman–Crippen MR) is 127 cm³/mol. The molecule has 1 aliphatic heterocycles. The van der Waals surface area contributed by atoms with Crippen LogP contribution in [0.1, 0.15) is 29.0 Å². The lowest BCUT2D eigenvalue weighted by Crippen LogP contribution is -2.24. The molecule has 0 aliphatic carbocycles. The zero-order valence-corrected chi connectivity index (χ0v) is 19.6. The number of thiazole rings is 1. The Kier molecular flexibility index (Phi) is 7.12. The molecule has 8 heteroatoms. The lowest BCUT2D eigenvalue weighted by Gasteiger charge is -2.12. The average Bonchev–Trinajstić information content (AvgIpc) is 3.33. The first kappa shape index (κ1) is 22.4. The summed E-state index contributed by atoms with van der Waals surface area (Å²) in [6.07, 6.45) is 2.26. The van der Waals surface area contributed by atoms with Crippen molar-refractivity contribution in [3.8, 4) is 22.1 Å². The molecule has 3 aromatic rings. The maximum atomic E-state index is 11.7. The first-order valence-electron chi connectivity index (χ1n) is 10.4. The third-order valence-corrected chi connectivity index (χ3v) is 7.32. The minimum Gasteiger partial charge on any atom is -0.493 e. The molecular formula is C24H24N2O4S2. The molecule has 1 fully saturated rings. The summed E-state index contributed by atoms with van der Waals surface area (Å²) in [6, 6.07) is 16.0. The lowest BCUT2D eigenvalue weighted by molar-refractivity contribution is -0.119. The number of amides is 2. The van der Waals surface area contributed by atoms with Crippen LogP contribution in [0.4, 0.5) is 4.79 Å². The molecule has 32 heavy (non-hydrogen) atoms. The van der Waals surface area contributed by atoms with Gasteiger partial charge < -0.3 is 9.47 Å². The van der Waals surface area contributed by atoms with Crippen LogP contribution in [-0.4, -0.2) is 28.5 Å². The predicted octanol–water partition coefficient (Wildman–Crippen LogP) is 5.38. The van der Waals surface area contributed by atoms with Gasteiger partial charge in [0.25, 0.3) is 5.24 Å². The molecule has 1 unspecified atom stereocenters. The standard InChI is InChI=1S/C24H24N2O4S2/c1-15-18(25-23(31-15)17-8-4-3-5-9-17)14-30-19-12-11-16(13-20(19)29-2)7-6-10-21-22(27)26-24(28)32-21/h3-5,8-9,11-13,21H,6-7,10,14H2,1-2H3,(H,26,27,28). The van der Waals surface area contributed by atoms with E-state index in [0.29, 0.717) is 24.5 Å². The van der Waals surface area contributed by atoms with Gasteiger partial charge in [0.1, 0.15) is 11.6 Å². The van der Waals surface area contributed by atoms with Crippen molar-refractivity contribution in [3.63, 3.8) is 0 Å². The lowest BCUT2D eigenvalue weighted by atomic mass is 10.1. The van der Waals surface area contributed by atoms with Crippen molar-refractivity contribution in [1.82, 2.24) is 10.3 Å². The number of aromatic nitrogens is 1. The summed E-state index contributed by atoms with van der Waals surface area (Å²) < 4.78 is 11.6. The van der Waals surface area contributed by atoms with E-state index in [-0.39, 0.29) is 16.4 Å². The molecule has 0 bridgehead atoms. The molecule has 2 aromatic carbocycles. The highest BCUT2D eigenvalue weighted by Gasteiger charge is 2.30. The van der Waals surface area contributed by atoms with E-state index in [1.807, 2.05) is 36.4 Å². The van der Waals surface area contributed by atoms with Crippen molar-refractivity contribution in [3.05, 3.63) is 64.7 Å². The molecule has 0 saturated carbocycles. The molecule has 1 atom stereocenters. The van der Waals surface area contributed by atoms with E-state index in [4.69, 9.17) is 14.5 Å². The van der Waals surface area contributed by atoms with E-state index in [0.717, 1.165) is 51.3 Å². The van der Waals surface area contributed by atoms with Crippen LogP contribution in [0.3, 0.4) is 0 Å². The van der Waals surface area contributed by atoms with Crippen molar-refractivity contribution in [1.29, 1.82) is 0 Å². The van der Waals surface area contributed by atoms with E-state index in [1.165, 1.54) is 0 Å². The first-order valence-corrected chi connectivity index (χ1v) is 12.1. The van der Waals surface area contributed by atoms with Gasteiger partial charge in [-0.15, -0.1) is 11.3 Å². The van der Waals surface area contributed by atoms with Crippen molar-refractivity contribution >= 4 is 34.2 Å². The fourth-order valence-corrected chi connectivity index (χ4v) is 5.26. The summed E-state index contributed by atoms with van der Waals surface area (Å²) in [5.74, 6) is 1.15. The van der Waals surface area contributed by atoms with Crippen LogP contribution in [0.2, 0.25) is 0 Å². The molecule has 1 N–H and O–H groups in total. The third kappa shape index (κ3) is 5.31. The molecule has 0 spiro atoms. The van der Waals surface area contributed by atoms with Crippen LogP contribution in [0.5, 0.6) is 11.5 Å². The molecular weight excluding hydrogens is 444 g/mol. The van der Waals surface area contributed by atoms with Crippen LogP contribution < -0.4 is 14.8 Å². The second-order valence-corrected chi connectivity index (χ2v) is 9.82. The first-order chi connectivity index (χ1) is 15.5. The van der Waals surface area contributed by atoms with Crippen LogP contribution in [0, 0.1) is 6.92 Å². The summed E-state index contributed by atoms with van der Waals surface area (Å²) in [4.78, 5) is 28.8. The largest absolute Gasteiger partial charge is 0.493 e. The minimum atomic E-state index is -0.283. The Morgan fingerprint density at radius 3 is 2.62 bits per heavy atom. The van der Waals surface area contributed by atoms with Gasteiger partial charge in [0.2, 0.25) is 5.91 Å². The van der Waals surface area contributed by atoms with Gasteiger partial charge in [0.15, 0.2) is 11.5 Å². The minimum absolute atomic E-state index is 0.186. The number of rotatable bonds is 9. The normalized spacial score (nSPS) is 15.6. The van der Waals surface area contributed by atoms with Crippen molar-refractivity contribution in [2.45, 2.75) is 38.0 Å². The molecule has 1 saturated heterocycles. The van der Waals surface area contributed by atoms with Crippen LogP contribution in [-0.2, 0) is 17.8 Å². The molecule has 2 heterocycles. The number of imide groups is 1. The van der Waals surface area contributed by atoms with Gasteiger partial charge in [0, 0.05) is 10.4 Å². The number of carbonyl (C=O) groups is 2. The Labute approximate surface area is 195 Å². The van der Waals surface area contributed by atoms with Gasteiger partial charge in [-0.2, -0.15) is 0 Å². The van der Waals surface area contributed by atoms with Crippen LogP contribution >= 0.6 is 23.1 Å². The highest BCUT2D eigenvalue weighted by Crippen LogP contribution is 2.32. The molecule has 0 radical (unpaired) electrons. The summed E-state index contributed by atoms with van der Waals surface area (Å²) in [5, 5.41) is 2.78. The van der Waals surface area contributed by atoms with Crippen LogP contribution in [0.15, 0.2) is 48.5 Å². The fourth-order valence-electron chi connectivity index (χ4n) is 3.47. The fraction of sp³-hybridized carbons (Fsp3) is 0.292. The van der Waals surface area contributed by atoms with Gasteiger partial charge in [-0.3, -0.25) is 14.9 Å². The maximum Gasteiger partial charge on any atom is 0.286 e. The zero-order chi connectivity index (χ0) is 22.5. The van der Waals surface area contributed by atoms with E-state index in [2.05, 4.69) is 24.4 Å². The van der Waals surface area contributed by atoms with E-state index >= 15 is 0 Å². The maximum absolute atomic E-state index is 11.7. The Balaban J connectivity index is 1.36. The second-order valence-electron chi connectivity index (χ2n) is 7.44. The summed E-state index contributed by atoms with van der Waals surface area (Å²) in [7, 11) is 1.62. The highest BCUT2D eigenvalue weighted by atomic mass is 32.2. The van der Waals surface area contributed by atoms with Crippen molar-refractivity contribution in [2.24, 2.45) is 0 Å². The van der Waals surface area contributed by atoms with Gasteiger partial charge in [-0.25, -0.2) is 4.98 Å². The summed E-state index contributed by atoms with van der Waals surface area (Å²) in [6.45, 7) is 2.42. The number of methoxy groups -OCH3 is 1. The Bertz CT molecular complexity index is 1110. The third-order valence-electron chi connectivity index (χ3n) is 5.20. The number of benzene rings is 2. The van der Waals surface area contributed by atoms with Gasteiger partial charge in [0.05, 0.1) is 18.1 Å². The molecule has 4 rings (SSSR count). The number of thioether (sulfide) groups is 1. The number of nitrogens with zero attached hydrogens (tertiary/aromatic N) is 1. The number of hydrogen-bond acceptors (Lipinski definition) is 7. The van der Waals surface area contributed by atoms with Crippen molar-refractivity contribution in [2.75, 3.05) is 7.11 Å². The second kappa shape index (κ2) is 10.2.